The van der Waals surface area contributed by atoms with Crippen LogP contribution < -0.4 is 0 Å². The van der Waals surface area contributed by atoms with Crippen LogP contribution in [0.5, 0.6) is 0 Å². The van der Waals surface area contributed by atoms with E-state index in [1.165, 1.54) is 5.56 Å². The second-order valence-corrected chi connectivity index (χ2v) is 5.57. The number of carbonyl (C=O) groups excluding carboxylic acids is 1. The molecule has 0 spiro atoms. The van der Waals surface area contributed by atoms with E-state index in [2.05, 4.69) is 17.3 Å². The average Bonchev–Trinajstić information content (AvgIpc) is 3.20. The zero-order valence-corrected chi connectivity index (χ0v) is 12.7. The number of benzene rings is 1. The number of hydrogen-bond acceptors (Lipinski definition) is 4. The lowest BCUT2D eigenvalue weighted by Gasteiger charge is -2.27. The van der Waals surface area contributed by atoms with E-state index in [-0.39, 0.29) is 11.9 Å². The number of ether oxygens (including phenoxy) is 1. The number of hydrogen-bond donors (Lipinski definition) is 0. The van der Waals surface area contributed by atoms with Crippen molar-refractivity contribution in [1.82, 2.24) is 10.1 Å². The zero-order valence-electron chi connectivity index (χ0n) is 12.7. The Labute approximate surface area is 129 Å². The Morgan fingerprint density at radius 1 is 1.36 bits per heavy atom. The molecule has 5 nitrogen and oxygen atoms in total. The van der Waals surface area contributed by atoms with Gasteiger partial charge in [0.25, 0.3) is 5.91 Å². The second-order valence-electron chi connectivity index (χ2n) is 5.57. The molecule has 116 valence electrons. The molecule has 0 bridgehead atoms. The number of amides is 1. The summed E-state index contributed by atoms with van der Waals surface area (Å²) in [5.74, 6) is 0.567. The molecule has 0 radical (unpaired) electrons. The van der Waals surface area contributed by atoms with Crippen LogP contribution in [-0.2, 0) is 11.2 Å². The van der Waals surface area contributed by atoms with Gasteiger partial charge >= 0.3 is 0 Å². The molecular weight excluding hydrogens is 280 g/mol. The van der Waals surface area contributed by atoms with E-state index in [9.17, 15) is 4.79 Å². The normalized spacial score (nSPS) is 17.6. The molecule has 1 atom stereocenters. The summed E-state index contributed by atoms with van der Waals surface area (Å²) in [5.41, 5.74) is 1.59. The van der Waals surface area contributed by atoms with Gasteiger partial charge in [0.1, 0.15) is 5.76 Å². The van der Waals surface area contributed by atoms with Crippen LogP contribution in [0.1, 0.15) is 28.2 Å². The fourth-order valence-corrected chi connectivity index (χ4v) is 2.73. The summed E-state index contributed by atoms with van der Waals surface area (Å²) in [6.07, 6.45) is 1.69. The van der Waals surface area contributed by atoms with Gasteiger partial charge in [-0.05, 0) is 25.3 Å². The Hall–Kier alpha value is -2.14. The highest BCUT2D eigenvalue weighted by Gasteiger charge is 2.29. The molecular formula is C17H20N2O3. The van der Waals surface area contributed by atoms with Gasteiger partial charge in [0, 0.05) is 19.2 Å². The van der Waals surface area contributed by atoms with Gasteiger partial charge in [-0.3, -0.25) is 4.79 Å². The van der Waals surface area contributed by atoms with Crippen LogP contribution in [0.25, 0.3) is 0 Å². The Balaban J connectivity index is 1.73. The van der Waals surface area contributed by atoms with Crippen LogP contribution >= 0.6 is 0 Å². The van der Waals surface area contributed by atoms with Crippen molar-refractivity contribution in [2.24, 2.45) is 0 Å². The van der Waals surface area contributed by atoms with E-state index < -0.39 is 0 Å². The topological polar surface area (TPSA) is 55.6 Å². The maximum absolute atomic E-state index is 12.7. The smallest absolute Gasteiger partial charge is 0.276 e. The van der Waals surface area contributed by atoms with E-state index in [4.69, 9.17) is 9.26 Å². The summed E-state index contributed by atoms with van der Waals surface area (Å²) in [6, 6.07) is 12.0. The number of aromatic nitrogens is 1. The molecule has 1 aliphatic heterocycles. The summed E-state index contributed by atoms with van der Waals surface area (Å²) >= 11 is 0. The molecule has 1 amide bonds. The van der Waals surface area contributed by atoms with Gasteiger partial charge in [-0.2, -0.15) is 0 Å². The summed E-state index contributed by atoms with van der Waals surface area (Å²) in [6.45, 7) is 3.74. The van der Waals surface area contributed by atoms with Crippen LogP contribution in [0.15, 0.2) is 40.9 Å². The van der Waals surface area contributed by atoms with E-state index >= 15 is 0 Å². The molecule has 2 heterocycles. The van der Waals surface area contributed by atoms with Crippen LogP contribution in [0.2, 0.25) is 0 Å². The maximum Gasteiger partial charge on any atom is 0.276 e. The fraction of sp³-hybridized carbons (Fsp3) is 0.412. The first-order valence-corrected chi connectivity index (χ1v) is 7.60. The lowest BCUT2D eigenvalue weighted by molar-refractivity contribution is 0.0646. The lowest BCUT2D eigenvalue weighted by Crippen LogP contribution is -2.42. The fourth-order valence-electron chi connectivity index (χ4n) is 2.73. The minimum absolute atomic E-state index is 0.0803. The number of rotatable bonds is 5. The van der Waals surface area contributed by atoms with Crippen LogP contribution in [0.4, 0.5) is 0 Å². The van der Waals surface area contributed by atoms with Crippen molar-refractivity contribution in [3.05, 3.63) is 53.4 Å². The highest BCUT2D eigenvalue weighted by molar-refractivity contribution is 5.92. The third kappa shape index (κ3) is 3.36. The quantitative estimate of drug-likeness (QED) is 0.851. The first kappa shape index (κ1) is 14.8. The second kappa shape index (κ2) is 6.75. The number of aryl methyl sites for hydroxylation is 1. The van der Waals surface area contributed by atoms with Gasteiger partial charge < -0.3 is 14.2 Å². The van der Waals surface area contributed by atoms with Gasteiger partial charge in [0.05, 0.1) is 12.6 Å². The molecule has 0 N–H and O–H groups in total. The monoisotopic (exact) mass is 300 g/mol. The first-order chi connectivity index (χ1) is 10.7. The van der Waals surface area contributed by atoms with Gasteiger partial charge in [0.15, 0.2) is 5.69 Å². The molecule has 0 saturated carbocycles. The Morgan fingerprint density at radius 2 is 2.18 bits per heavy atom. The SMILES string of the molecule is Cc1cc(C(=O)N(CCc2ccccc2)[C@@H]2CCOC2)no1. The van der Waals surface area contributed by atoms with Crippen molar-refractivity contribution in [2.75, 3.05) is 19.8 Å². The molecule has 3 rings (SSSR count). The van der Waals surface area contributed by atoms with Gasteiger partial charge in [0.2, 0.25) is 0 Å². The van der Waals surface area contributed by atoms with Crippen molar-refractivity contribution in [3.8, 4) is 0 Å². The summed E-state index contributed by atoms with van der Waals surface area (Å²) in [7, 11) is 0. The van der Waals surface area contributed by atoms with E-state index in [0.29, 0.717) is 31.2 Å². The third-order valence-electron chi connectivity index (χ3n) is 3.94. The van der Waals surface area contributed by atoms with E-state index in [1.807, 2.05) is 23.1 Å². The minimum Gasteiger partial charge on any atom is -0.379 e. The van der Waals surface area contributed by atoms with Crippen molar-refractivity contribution >= 4 is 5.91 Å². The Bertz CT molecular complexity index is 618. The van der Waals surface area contributed by atoms with Gasteiger partial charge in [-0.1, -0.05) is 35.5 Å². The van der Waals surface area contributed by atoms with Gasteiger partial charge in [-0.25, -0.2) is 0 Å². The van der Waals surface area contributed by atoms with E-state index in [1.54, 1.807) is 13.0 Å². The zero-order chi connectivity index (χ0) is 15.4. The number of carbonyl (C=O) groups is 1. The Kier molecular flexibility index (Phi) is 4.53. The van der Waals surface area contributed by atoms with Crippen molar-refractivity contribution in [3.63, 3.8) is 0 Å². The standard InChI is InChI=1S/C17H20N2O3/c1-13-11-16(18-22-13)17(20)19(15-8-10-21-12-15)9-7-14-5-3-2-4-6-14/h2-6,11,15H,7-10,12H2,1H3/t15-/m1/s1. The molecule has 1 aromatic heterocycles. The lowest BCUT2D eigenvalue weighted by atomic mass is 10.1. The van der Waals surface area contributed by atoms with Crippen molar-refractivity contribution < 1.29 is 14.1 Å². The molecule has 5 heteroatoms. The van der Waals surface area contributed by atoms with Crippen LogP contribution in [0.3, 0.4) is 0 Å². The molecule has 1 fully saturated rings. The highest BCUT2D eigenvalue weighted by Crippen LogP contribution is 2.17. The van der Waals surface area contributed by atoms with Crippen molar-refractivity contribution in [1.29, 1.82) is 0 Å². The van der Waals surface area contributed by atoms with Crippen LogP contribution in [-0.4, -0.2) is 41.8 Å². The largest absolute Gasteiger partial charge is 0.379 e. The average molecular weight is 300 g/mol. The van der Waals surface area contributed by atoms with Gasteiger partial charge in [-0.15, -0.1) is 0 Å². The molecule has 0 unspecified atom stereocenters. The molecule has 2 aromatic rings. The minimum atomic E-state index is -0.0803. The maximum atomic E-state index is 12.7. The third-order valence-corrected chi connectivity index (χ3v) is 3.94. The Morgan fingerprint density at radius 3 is 2.82 bits per heavy atom. The highest BCUT2D eigenvalue weighted by atomic mass is 16.5. The summed E-state index contributed by atoms with van der Waals surface area (Å²) in [4.78, 5) is 14.6. The predicted molar refractivity (Wildman–Crippen MR) is 81.6 cm³/mol. The molecule has 0 aliphatic carbocycles. The molecule has 22 heavy (non-hydrogen) atoms. The summed E-state index contributed by atoms with van der Waals surface area (Å²) in [5, 5.41) is 3.86. The summed E-state index contributed by atoms with van der Waals surface area (Å²) < 4.78 is 10.5. The molecule has 1 aliphatic rings. The van der Waals surface area contributed by atoms with Crippen molar-refractivity contribution in [2.45, 2.75) is 25.8 Å². The molecule has 1 aromatic carbocycles. The predicted octanol–water partition coefficient (Wildman–Crippen LogP) is 2.46. The van der Waals surface area contributed by atoms with Crippen LogP contribution in [0, 0.1) is 6.92 Å². The number of nitrogens with zero attached hydrogens (tertiary/aromatic N) is 2. The first-order valence-electron chi connectivity index (χ1n) is 7.60. The molecule has 1 saturated heterocycles. The van der Waals surface area contributed by atoms with E-state index in [0.717, 1.165) is 12.8 Å².